The molecule has 0 unspecified atom stereocenters. The molecule has 5 heteroatoms. The largest absolute Gasteiger partial charge is 0.489 e. The number of ether oxygens (including phenoxy) is 2. The molecule has 2 N–H and O–H groups in total. The van der Waals surface area contributed by atoms with Crippen LogP contribution in [0, 0.1) is 6.92 Å². The van der Waals surface area contributed by atoms with Gasteiger partial charge < -0.3 is 15.2 Å². The fraction of sp³-hybridized carbons (Fsp3) is 0.462. The summed E-state index contributed by atoms with van der Waals surface area (Å²) in [6, 6.07) is 3.81. The number of hydrogen-bond donors (Lipinski definition) is 1. The highest BCUT2D eigenvalue weighted by Gasteiger charge is 2.07. The van der Waals surface area contributed by atoms with Crippen LogP contribution >= 0.6 is 11.3 Å². The highest BCUT2D eigenvalue weighted by atomic mass is 32.1. The van der Waals surface area contributed by atoms with Crippen LogP contribution in [0.25, 0.3) is 10.2 Å². The fourth-order valence-electron chi connectivity index (χ4n) is 1.65. The van der Waals surface area contributed by atoms with Crippen LogP contribution in [0.5, 0.6) is 5.75 Å². The van der Waals surface area contributed by atoms with Gasteiger partial charge in [0.05, 0.1) is 33.6 Å². The lowest BCUT2D eigenvalue weighted by Crippen LogP contribution is -2.11. The van der Waals surface area contributed by atoms with Gasteiger partial charge in [-0.25, -0.2) is 4.98 Å². The van der Waals surface area contributed by atoms with Crippen molar-refractivity contribution >= 4 is 27.2 Å². The highest BCUT2D eigenvalue weighted by Crippen LogP contribution is 2.31. The van der Waals surface area contributed by atoms with E-state index < -0.39 is 0 Å². The second-order valence-corrected chi connectivity index (χ2v) is 5.59. The molecule has 0 aliphatic rings. The second-order valence-electron chi connectivity index (χ2n) is 4.36. The van der Waals surface area contributed by atoms with Crippen molar-refractivity contribution in [1.29, 1.82) is 0 Å². The van der Waals surface area contributed by atoms with Crippen LogP contribution in [0.2, 0.25) is 0 Å². The molecule has 0 fully saturated rings. The minimum absolute atomic E-state index is 0.217. The monoisotopic (exact) mass is 266 g/mol. The van der Waals surface area contributed by atoms with Crippen molar-refractivity contribution in [1.82, 2.24) is 4.98 Å². The third kappa shape index (κ3) is 3.11. The second kappa shape index (κ2) is 5.54. The summed E-state index contributed by atoms with van der Waals surface area (Å²) in [6.45, 7) is 7.04. The van der Waals surface area contributed by atoms with Crippen molar-refractivity contribution in [2.75, 3.05) is 18.9 Å². The molecule has 0 radical (unpaired) electrons. The quantitative estimate of drug-likeness (QED) is 0.667. The minimum atomic E-state index is 0.217. The molecule has 0 saturated carbocycles. The summed E-state index contributed by atoms with van der Waals surface area (Å²) in [4.78, 5) is 4.42. The van der Waals surface area contributed by atoms with Gasteiger partial charge in [0.25, 0.3) is 0 Å². The first-order chi connectivity index (χ1) is 8.56. The van der Waals surface area contributed by atoms with Gasteiger partial charge in [-0.1, -0.05) is 0 Å². The molecule has 2 aromatic rings. The zero-order valence-electron chi connectivity index (χ0n) is 10.9. The lowest BCUT2D eigenvalue weighted by Gasteiger charge is -2.10. The van der Waals surface area contributed by atoms with Gasteiger partial charge >= 0.3 is 0 Å². The minimum Gasteiger partial charge on any atom is -0.489 e. The van der Waals surface area contributed by atoms with Crippen LogP contribution in [-0.2, 0) is 4.74 Å². The van der Waals surface area contributed by atoms with E-state index in [0.29, 0.717) is 24.7 Å². The third-order valence-electron chi connectivity index (χ3n) is 2.42. The number of aryl methyl sites for hydroxylation is 1. The van der Waals surface area contributed by atoms with Gasteiger partial charge in [-0.15, -0.1) is 11.3 Å². The van der Waals surface area contributed by atoms with Gasteiger partial charge in [0, 0.05) is 6.07 Å². The molecule has 4 nitrogen and oxygen atoms in total. The Balaban J connectivity index is 2.05. The molecule has 0 aliphatic carbocycles. The summed E-state index contributed by atoms with van der Waals surface area (Å²) >= 11 is 1.64. The molecule has 2 rings (SSSR count). The summed E-state index contributed by atoms with van der Waals surface area (Å²) < 4.78 is 12.1. The lowest BCUT2D eigenvalue weighted by atomic mass is 10.3. The van der Waals surface area contributed by atoms with Gasteiger partial charge in [-0.05, 0) is 26.8 Å². The number of hydrogen-bond acceptors (Lipinski definition) is 5. The molecular formula is C13H18N2O2S. The molecule has 1 aromatic carbocycles. The number of anilines is 1. The molecule has 0 amide bonds. The Hall–Kier alpha value is -1.33. The number of thiazole rings is 1. The standard InChI is InChI=1S/C13H18N2O2S/c1-8(2)16-4-5-17-12-7-11-13(6-10(12)14)18-9(3)15-11/h6-8H,4-5,14H2,1-3H3. The Morgan fingerprint density at radius 2 is 2.11 bits per heavy atom. The van der Waals surface area contributed by atoms with E-state index in [2.05, 4.69) is 4.98 Å². The van der Waals surface area contributed by atoms with Crippen molar-refractivity contribution in [2.45, 2.75) is 26.9 Å². The van der Waals surface area contributed by atoms with E-state index in [-0.39, 0.29) is 6.10 Å². The summed E-state index contributed by atoms with van der Waals surface area (Å²) in [7, 11) is 0. The summed E-state index contributed by atoms with van der Waals surface area (Å²) in [5.41, 5.74) is 7.54. The Kier molecular flexibility index (Phi) is 4.04. The summed E-state index contributed by atoms with van der Waals surface area (Å²) in [5, 5.41) is 1.03. The zero-order chi connectivity index (χ0) is 13.1. The smallest absolute Gasteiger partial charge is 0.144 e. The summed E-state index contributed by atoms with van der Waals surface area (Å²) in [6.07, 6.45) is 0.217. The molecule has 0 saturated heterocycles. The van der Waals surface area contributed by atoms with Crippen LogP contribution in [0.3, 0.4) is 0 Å². The Morgan fingerprint density at radius 3 is 2.83 bits per heavy atom. The maximum Gasteiger partial charge on any atom is 0.144 e. The van der Waals surface area contributed by atoms with Crippen molar-refractivity contribution in [3.8, 4) is 5.75 Å². The van der Waals surface area contributed by atoms with Gasteiger partial charge in [0.2, 0.25) is 0 Å². The van der Waals surface area contributed by atoms with E-state index in [0.717, 1.165) is 15.2 Å². The first-order valence-corrected chi connectivity index (χ1v) is 6.79. The van der Waals surface area contributed by atoms with Crippen molar-refractivity contribution < 1.29 is 9.47 Å². The number of nitrogens with two attached hydrogens (primary N) is 1. The van der Waals surface area contributed by atoms with Crippen LogP contribution in [0.15, 0.2) is 12.1 Å². The average Bonchev–Trinajstić information content (AvgIpc) is 2.63. The molecule has 0 atom stereocenters. The van der Waals surface area contributed by atoms with Crippen LogP contribution in [-0.4, -0.2) is 24.3 Å². The normalized spacial score (nSPS) is 11.3. The number of aromatic nitrogens is 1. The Bertz CT molecular complexity index is 537. The van der Waals surface area contributed by atoms with E-state index in [1.54, 1.807) is 11.3 Å². The van der Waals surface area contributed by atoms with Crippen molar-refractivity contribution in [2.24, 2.45) is 0 Å². The number of nitrogen functional groups attached to an aromatic ring is 1. The zero-order valence-corrected chi connectivity index (χ0v) is 11.7. The molecule has 18 heavy (non-hydrogen) atoms. The highest BCUT2D eigenvalue weighted by molar-refractivity contribution is 7.18. The predicted molar refractivity (Wildman–Crippen MR) is 75.4 cm³/mol. The van der Waals surface area contributed by atoms with Gasteiger partial charge in [0.15, 0.2) is 0 Å². The van der Waals surface area contributed by atoms with Crippen molar-refractivity contribution in [3.63, 3.8) is 0 Å². The van der Waals surface area contributed by atoms with Gasteiger partial charge in [0.1, 0.15) is 12.4 Å². The van der Waals surface area contributed by atoms with Crippen molar-refractivity contribution in [3.05, 3.63) is 17.1 Å². The molecule has 0 spiro atoms. The predicted octanol–water partition coefficient (Wildman–Crippen LogP) is 2.99. The van der Waals surface area contributed by atoms with E-state index >= 15 is 0 Å². The molecular weight excluding hydrogens is 248 g/mol. The maximum absolute atomic E-state index is 5.95. The Morgan fingerprint density at radius 1 is 1.33 bits per heavy atom. The maximum atomic E-state index is 5.95. The summed E-state index contributed by atoms with van der Waals surface area (Å²) in [5.74, 6) is 0.681. The molecule has 0 aliphatic heterocycles. The number of fused-ring (bicyclic) bond motifs is 1. The van der Waals surface area contributed by atoms with E-state index in [9.17, 15) is 0 Å². The van der Waals surface area contributed by atoms with Crippen LogP contribution in [0.4, 0.5) is 5.69 Å². The SMILES string of the molecule is Cc1nc2cc(OCCOC(C)C)c(N)cc2s1. The molecule has 1 aromatic heterocycles. The van der Waals surface area contributed by atoms with E-state index in [1.165, 1.54) is 0 Å². The number of rotatable bonds is 5. The van der Waals surface area contributed by atoms with E-state index in [4.69, 9.17) is 15.2 Å². The van der Waals surface area contributed by atoms with Crippen LogP contribution < -0.4 is 10.5 Å². The topological polar surface area (TPSA) is 57.4 Å². The van der Waals surface area contributed by atoms with Gasteiger partial charge in [-0.2, -0.15) is 0 Å². The van der Waals surface area contributed by atoms with E-state index in [1.807, 2.05) is 32.9 Å². The third-order valence-corrected chi connectivity index (χ3v) is 3.35. The average molecular weight is 266 g/mol. The Labute approximate surface area is 111 Å². The number of benzene rings is 1. The number of nitrogens with zero attached hydrogens (tertiary/aromatic N) is 1. The van der Waals surface area contributed by atoms with Gasteiger partial charge in [-0.3, -0.25) is 0 Å². The lowest BCUT2D eigenvalue weighted by molar-refractivity contribution is 0.0554. The fourth-order valence-corrected chi connectivity index (χ4v) is 2.50. The first kappa shape index (κ1) is 13.1. The molecule has 1 heterocycles. The first-order valence-electron chi connectivity index (χ1n) is 5.97. The molecule has 98 valence electrons. The van der Waals surface area contributed by atoms with Crippen LogP contribution in [0.1, 0.15) is 18.9 Å². The molecule has 0 bridgehead atoms.